The van der Waals surface area contributed by atoms with E-state index in [0.29, 0.717) is 5.56 Å². The highest BCUT2D eigenvalue weighted by Crippen LogP contribution is 2.19. The molecule has 6 nitrogen and oxygen atoms in total. The van der Waals surface area contributed by atoms with E-state index in [2.05, 4.69) is 0 Å². The molecule has 0 aliphatic carbocycles. The van der Waals surface area contributed by atoms with E-state index in [1.807, 2.05) is 4.72 Å². The summed E-state index contributed by atoms with van der Waals surface area (Å²) in [5.74, 6) is -1.46. The summed E-state index contributed by atoms with van der Waals surface area (Å²) in [7, 11) is -4.05. The molecular weight excluding hydrogens is 306 g/mol. The number of carbonyl (C=O) groups is 1. The van der Waals surface area contributed by atoms with Gasteiger partial charge in [-0.1, -0.05) is 48.5 Å². The zero-order valence-electron chi connectivity index (χ0n) is 11.5. The van der Waals surface area contributed by atoms with Crippen LogP contribution in [0.25, 0.3) is 0 Å². The zero-order chi connectivity index (χ0) is 16.2. The largest absolute Gasteiger partial charge is 0.480 e. The second-order valence-corrected chi connectivity index (χ2v) is 6.32. The summed E-state index contributed by atoms with van der Waals surface area (Å²) in [5.41, 5.74) is 0.311. The maximum absolute atomic E-state index is 12.2. The first-order valence-corrected chi connectivity index (χ1v) is 7.93. The molecule has 2 aromatic carbocycles. The van der Waals surface area contributed by atoms with Gasteiger partial charge in [0.25, 0.3) is 0 Å². The number of hydrogen-bond donors (Lipinski definition) is 3. The van der Waals surface area contributed by atoms with Crippen LogP contribution in [0.2, 0.25) is 0 Å². The first-order valence-electron chi connectivity index (χ1n) is 6.45. The van der Waals surface area contributed by atoms with Crippen molar-refractivity contribution >= 4 is 16.0 Å². The smallest absolute Gasteiger partial charge is 0.324 e. The lowest BCUT2D eigenvalue weighted by molar-refractivity contribution is -0.141. The molecule has 0 amide bonds. The van der Waals surface area contributed by atoms with Crippen molar-refractivity contribution in [2.75, 3.05) is 0 Å². The van der Waals surface area contributed by atoms with Crippen molar-refractivity contribution in [2.24, 2.45) is 0 Å². The monoisotopic (exact) mass is 321 g/mol. The van der Waals surface area contributed by atoms with E-state index in [4.69, 9.17) is 0 Å². The van der Waals surface area contributed by atoms with Gasteiger partial charge in [0.15, 0.2) is 0 Å². The maximum Gasteiger partial charge on any atom is 0.324 e. The Morgan fingerprint density at radius 1 is 0.955 bits per heavy atom. The predicted octanol–water partition coefficient (Wildman–Crippen LogP) is 1.15. The molecule has 0 aromatic heterocycles. The predicted molar refractivity (Wildman–Crippen MR) is 79.6 cm³/mol. The molecule has 22 heavy (non-hydrogen) atoms. The minimum absolute atomic E-state index is 0.0680. The number of carboxylic acid groups (broad SMARTS) is 1. The van der Waals surface area contributed by atoms with Crippen LogP contribution in [0.4, 0.5) is 0 Å². The van der Waals surface area contributed by atoms with Gasteiger partial charge in [-0.25, -0.2) is 8.42 Å². The van der Waals surface area contributed by atoms with Crippen molar-refractivity contribution < 1.29 is 23.4 Å². The van der Waals surface area contributed by atoms with Crippen molar-refractivity contribution in [3.05, 3.63) is 66.2 Å². The van der Waals surface area contributed by atoms with E-state index in [1.165, 1.54) is 36.4 Å². The first kappa shape index (κ1) is 16.2. The van der Waals surface area contributed by atoms with Crippen molar-refractivity contribution in [1.29, 1.82) is 0 Å². The molecule has 0 bridgehead atoms. The average molecular weight is 321 g/mol. The van der Waals surface area contributed by atoms with Crippen LogP contribution < -0.4 is 4.72 Å². The van der Waals surface area contributed by atoms with E-state index >= 15 is 0 Å². The highest BCUT2D eigenvalue weighted by molar-refractivity contribution is 7.89. The fourth-order valence-electron chi connectivity index (χ4n) is 1.93. The molecule has 0 saturated carbocycles. The normalized spacial score (nSPS) is 14.2. The third-order valence-electron chi connectivity index (χ3n) is 3.06. The number of sulfonamides is 1. The van der Waals surface area contributed by atoms with E-state index < -0.39 is 28.1 Å². The lowest BCUT2D eigenvalue weighted by Crippen LogP contribution is -2.44. The molecule has 0 unspecified atom stereocenters. The summed E-state index contributed by atoms with van der Waals surface area (Å²) in [4.78, 5) is 11.3. The SMILES string of the molecule is O=C(O)[C@@H](NS(=O)(=O)c1ccccc1)[C@@H](O)c1ccccc1. The number of hydrogen-bond acceptors (Lipinski definition) is 4. The van der Waals surface area contributed by atoms with Gasteiger partial charge in [-0.2, -0.15) is 4.72 Å². The average Bonchev–Trinajstić information content (AvgIpc) is 2.53. The second-order valence-electron chi connectivity index (χ2n) is 4.61. The number of rotatable bonds is 6. The minimum atomic E-state index is -4.05. The van der Waals surface area contributed by atoms with Crippen LogP contribution in [0.1, 0.15) is 11.7 Å². The Morgan fingerprint density at radius 3 is 1.95 bits per heavy atom. The van der Waals surface area contributed by atoms with Crippen LogP contribution in [-0.2, 0) is 14.8 Å². The number of aliphatic hydroxyl groups is 1. The summed E-state index contributed by atoms with van der Waals surface area (Å²) in [6, 6.07) is 13.7. The zero-order valence-corrected chi connectivity index (χ0v) is 12.3. The lowest BCUT2D eigenvalue weighted by atomic mass is 10.0. The van der Waals surface area contributed by atoms with Gasteiger partial charge < -0.3 is 10.2 Å². The third-order valence-corrected chi connectivity index (χ3v) is 4.52. The Bertz CT molecular complexity index is 731. The summed E-state index contributed by atoms with van der Waals surface area (Å²) in [5, 5.41) is 19.4. The van der Waals surface area contributed by atoms with Gasteiger partial charge in [0.05, 0.1) is 4.90 Å². The van der Waals surface area contributed by atoms with Crippen LogP contribution >= 0.6 is 0 Å². The van der Waals surface area contributed by atoms with E-state index in [9.17, 15) is 23.4 Å². The third kappa shape index (κ3) is 3.70. The van der Waals surface area contributed by atoms with E-state index in [-0.39, 0.29) is 4.90 Å². The quantitative estimate of drug-likeness (QED) is 0.740. The Labute approximate surface area is 128 Å². The van der Waals surface area contributed by atoms with Crippen molar-refractivity contribution in [1.82, 2.24) is 4.72 Å². The summed E-state index contributed by atoms with van der Waals surface area (Å²) in [6.07, 6.45) is -1.50. The highest BCUT2D eigenvalue weighted by Gasteiger charge is 2.32. The van der Waals surface area contributed by atoms with Crippen LogP contribution in [0.5, 0.6) is 0 Å². The molecule has 0 aliphatic rings. The van der Waals surface area contributed by atoms with Crippen molar-refractivity contribution in [3.63, 3.8) is 0 Å². The first-order chi connectivity index (χ1) is 10.4. The topological polar surface area (TPSA) is 104 Å². The Balaban J connectivity index is 2.28. The lowest BCUT2D eigenvalue weighted by Gasteiger charge is -2.20. The molecule has 2 rings (SSSR count). The minimum Gasteiger partial charge on any atom is -0.480 e. The molecule has 2 atom stereocenters. The van der Waals surface area contributed by atoms with Gasteiger partial charge in [-0.05, 0) is 17.7 Å². The van der Waals surface area contributed by atoms with Crippen LogP contribution in [0.15, 0.2) is 65.6 Å². The number of carboxylic acids is 1. The summed E-state index contributed by atoms with van der Waals surface area (Å²) >= 11 is 0. The van der Waals surface area contributed by atoms with Gasteiger partial charge >= 0.3 is 5.97 Å². The molecule has 0 radical (unpaired) electrons. The highest BCUT2D eigenvalue weighted by atomic mass is 32.2. The molecule has 0 heterocycles. The second kappa shape index (κ2) is 6.69. The molecular formula is C15H15NO5S. The summed E-state index contributed by atoms with van der Waals surface area (Å²) in [6.45, 7) is 0. The van der Waals surface area contributed by atoms with Crippen LogP contribution in [-0.4, -0.2) is 30.6 Å². The summed E-state index contributed by atoms with van der Waals surface area (Å²) < 4.78 is 26.4. The fraction of sp³-hybridized carbons (Fsp3) is 0.133. The number of aliphatic carboxylic acids is 1. The van der Waals surface area contributed by atoms with Crippen molar-refractivity contribution in [3.8, 4) is 0 Å². The number of benzene rings is 2. The van der Waals surface area contributed by atoms with Crippen LogP contribution in [0, 0.1) is 0 Å². The van der Waals surface area contributed by atoms with E-state index in [1.54, 1.807) is 24.3 Å². The Morgan fingerprint density at radius 2 is 1.45 bits per heavy atom. The maximum atomic E-state index is 12.2. The van der Waals surface area contributed by atoms with Gasteiger partial charge in [-0.3, -0.25) is 4.79 Å². The molecule has 3 N–H and O–H groups in total. The molecule has 0 fully saturated rings. The molecule has 116 valence electrons. The van der Waals surface area contributed by atoms with E-state index in [0.717, 1.165) is 0 Å². The molecule has 7 heteroatoms. The standard InChI is InChI=1S/C15H15NO5S/c17-14(11-7-3-1-4-8-11)13(15(18)19)16-22(20,21)12-9-5-2-6-10-12/h1-10,13-14,16-17H,(H,18,19)/t13-,14-/m0/s1. The fourth-order valence-corrected chi connectivity index (χ4v) is 3.14. The van der Waals surface area contributed by atoms with Gasteiger partial charge in [0, 0.05) is 0 Å². The molecule has 0 aliphatic heterocycles. The number of aliphatic hydroxyl groups excluding tert-OH is 1. The Kier molecular flexibility index (Phi) is 4.92. The molecule has 0 saturated heterocycles. The number of nitrogens with one attached hydrogen (secondary N) is 1. The van der Waals surface area contributed by atoms with Gasteiger partial charge in [-0.15, -0.1) is 0 Å². The Hall–Kier alpha value is -2.22. The van der Waals surface area contributed by atoms with Crippen LogP contribution in [0.3, 0.4) is 0 Å². The van der Waals surface area contributed by atoms with Crippen molar-refractivity contribution in [2.45, 2.75) is 17.0 Å². The van der Waals surface area contributed by atoms with Gasteiger partial charge in [0.1, 0.15) is 12.1 Å². The van der Waals surface area contributed by atoms with Gasteiger partial charge in [0.2, 0.25) is 10.0 Å². The molecule has 0 spiro atoms. The molecule has 2 aromatic rings.